The topological polar surface area (TPSA) is 108 Å². The minimum atomic E-state index is -3.76. The van der Waals surface area contributed by atoms with Gasteiger partial charge in [0.2, 0.25) is 6.54 Å². The summed E-state index contributed by atoms with van der Waals surface area (Å²) in [4.78, 5) is 25.4. The standard InChI is InChI=1S/C29H28N4O4S.ClH/c1-22-12-14-27(15-13-22)38(36,37)32-26-11-5-10-25(19-26)31-28(34)21-33-18-6-9-24(20-33)29(35)30-17-16-23-7-3-2-4-8-23;/h2-15,18-20,32H,16-17,21H2,1H3,(H-,30,31,34,35);1H. The van der Waals surface area contributed by atoms with Gasteiger partial charge in [-0.15, -0.1) is 0 Å². The van der Waals surface area contributed by atoms with Gasteiger partial charge in [-0.3, -0.25) is 14.3 Å². The van der Waals surface area contributed by atoms with Gasteiger partial charge in [0.25, 0.3) is 21.8 Å². The lowest BCUT2D eigenvalue weighted by Gasteiger charge is -2.10. The number of halogens is 1. The summed E-state index contributed by atoms with van der Waals surface area (Å²) in [6, 6.07) is 26.3. The Hall–Kier alpha value is -4.21. The lowest BCUT2D eigenvalue weighted by Crippen LogP contribution is -3.00. The summed E-state index contributed by atoms with van der Waals surface area (Å²) < 4.78 is 29.5. The van der Waals surface area contributed by atoms with Crippen LogP contribution in [0.15, 0.2) is 108 Å². The Bertz CT molecular complexity index is 1530. The molecule has 4 aromatic rings. The molecule has 0 saturated carbocycles. The number of aryl methyl sites for hydroxylation is 1. The molecule has 0 aliphatic rings. The van der Waals surface area contributed by atoms with E-state index in [1.54, 1.807) is 65.5 Å². The third kappa shape index (κ3) is 8.66. The number of anilines is 2. The van der Waals surface area contributed by atoms with Crippen molar-refractivity contribution in [3.05, 3.63) is 120 Å². The maximum atomic E-state index is 12.7. The molecule has 1 heterocycles. The van der Waals surface area contributed by atoms with Crippen LogP contribution in [0.5, 0.6) is 0 Å². The molecular formula is C29H29ClN4O4S. The van der Waals surface area contributed by atoms with Crippen LogP contribution >= 0.6 is 0 Å². The minimum Gasteiger partial charge on any atom is -1.00 e. The molecule has 0 aliphatic heterocycles. The Morgan fingerprint density at radius 3 is 2.31 bits per heavy atom. The molecule has 3 aromatic carbocycles. The number of benzene rings is 3. The molecule has 10 heteroatoms. The lowest BCUT2D eigenvalue weighted by atomic mass is 10.1. The smallest absolute Gasteiger partial charge is 0.290 e. The predicted octanol–water partition coefficient (Wildman–Crippen LogP) is 0.699. The number of aromatic nitrogens is 1. The summed E-state index contributed by atoms with van der Waals surface area (Å²) in [5.74, 6) is -0.542. The van der Waals surface area contributed by atoms with E-state index >= 15 is 0 Å². The van der Waals surface area contributed by atoms with Crippen LogP contribution in [0, 0.1) is 6.92 Å². The van der Waals surface area contributed by atoms with E-state index in [1.807, 2.05) is 37.3 Å². The molecule has 0 radical (unpaired) electrons. The number of pyridine rings is 1. The van der Waals surface area contributed by atoms with Crippen molar-refractivity contribution in [3.63, 3.8) is 0 Å². The van der Waals surface area contributed by atoms with Crippen molar-refractivity contribution in [1.29, 1.82) is 0 Å². The first kappa shape index (κ1) is 29.3. The molecular weight excluding hydrogens is 536 g/mol. The van der Waals surface area contributed by atoms with Crippen molar-refractivity contribution in [2.24, 2.45) is 0 Å². The largest absolute Gasteiger partial charge is 1.00 e. The van der Waals surface area contributed by atoms with Gasteiger partial charge in [-0.1, -0.05) is 54.1 Å². The van der Waals surface area contributed by atoms with Crippen LogP contribution in [0.25, 0.3) is 0 Å². The fourth-order valence-corrected chi connectivity index (χ4v) is 4.83. The first-order valence-electron chi connectivity index (χ1n) is 12.1. The molecule has 3 N–H and O–H groups in total. The van der Waals surface area contributed by atoms with E-state index in [0.29, 0.717) is 23.5 Å². The first-order chi connectivity index (χ1) is 18.3. The molecule has 0 unspecified atom stereocenters. The van der Waals surface area contributed by atoms with Gasteiger partial charge in [0, 0.05) is 18.3 Å². The van der Waals surface area contributed by atoms with Gasteiger partial charge in [-0.25, -0.2) is 8.42 Å². The summed E-state index contributed by atoms with van der Waals surface area (Å²) in [5.41, 5.74) is 3.31. The van der Waals surface area contributed by atoms with E-state index in [2.05, 4.69) is 15.4 Å². The highest BCUT2D eigenvalue weighted by atomic mass is 35.5. The molecule has 0 saturated heterocycles. The van der Waals surface area contributed by atoms with E-state index in [9.17, 15) is 18.0 Å². The van der Waals surface area contributed by atoms with Crippen LogP contribution in [0.2, 0.25) is 0 Å². The van der Waals surface area contributed by atoms with Crippen molar-refractivity contribution in [1.82, 2.24) is 5.32 Å². The SMILES string of the molecule is Cc1ccc(S(=O)(=O)Nc2cccc(NC(=O)C[n+]3cccc(C(=O)NCCc4ccccc4)c3)c2)cc1.[Cl-]. The highest BCUT2D eigenvalue weighted by Crippen LogP contribution is 2.20. The molecule has 0 fully saturated rings. The van der Waals surface area contributed by atoms with Crippen LogP contribution in [0.4, 0.5) is 11.4 Å². The second-order valence-corrected chi connectivity index (χ2v) is 10.5. The number of hydrogen-bond acceptors (Lipinski definition) is 4. The number of nitrogens with zero attached hydrogens (tertiary/aromatic N) is 1. The molecule has 202 valence electrons. The monoisotopic (exact) mass is 564 g/mol. The van der Waals surface area contributed by atoms with Crippen LogP contribution in [0.3, 0.4) is 0 Å². The van der Waals surface area contributed by atoms with E-state index < -0.39 is 10.0 Å². The normalized spacial score (nSPS) is 10.7. The summed E-state index contributed by atoms with van der Waals surface area (Å²) >= 11 is 0. The fraction of sp³-hybridized carbons (Fsp3) is 0.138. The number of hydrogen-bond donors (Lipinski definition) is 3. The molecule has 39 heavy (non-hydrogen) atoms. The number of sulfonamides is 1. The molecule has 2 amide bonds. The summed E-state index contributed by atoms with van der Waals surface area (Å²) in [7, 11) is -3.76. The van der Waals surface area contributed by atoms with Crippen molar-refractivity contribution in [2.45, 2.75) is 24.8 Å². The maximum Gasteiger partial charge on any atom is 0.290 e. The highest BCUT2D eigenvalue weighted by molar-refractivity contribution is 7.92. The Labute approximate surface area is 234 Å². The van der Waals surface area contributed by atoms with Crippen LogP contribution in [-0.2, 0) is 27.8 Å². The van der Waals surface area contributed by atoms with Crippen LogP contribution in [-0.4, -0.2) is 26.8 Å². The number of carbonyl (C=O) groups excluding carboxylic acids is 2. The van der Waals surface area contributed by atoms with Crippen molar-refractivity contribution in [2.75, 3.05) is 16.6 Å². The zero-order valence-electron chi connectivity index (χ0n) is 21.3. The second kappa shape index (κ2) is 13.5. The van der Waals surface area contributed by atoms with Crippen LogP contribution in [0.1, 0.15) is 21.5 Å². The quantitative estimate of drug-likeness (QED) is 0.246. The van der Waals surface area contributed by atoms with Crippen molar-refractivity contribution >= 4 is 33.2 Å². The Morgan fingerprint density at radius 2 is 1.56 bits per heavy atom. The van der Waals surface area contributed by atoms with Crippen LogP contribution < -0.4 is 32.3 Å². The number of rotatable bonds is 10. The number of nitrogens with one attached hydrogen (secondary N) is 3. The van der Waals surface area contributed by atoms with Crippen molar-refractivity contribution < 1.29 is 35.0 Å². The van der Waals surface area contributed by atoms with Gasteiger partial charge >= 0.3 is 0 Å². The Kier molecular flexibility index (Phi) is 10.2. The lowest BCUT2D eigenvalue weighted by molar-refractivity contribution is -0.684. The van der Waals surface area contributed by atoms with Gasteiger partial charge in [0.15, 0.2) is 12.4 Å². The van der Waals surface area contributed by atoms with Gasteiger partial charge in [-0.2, -0.15) is 4.57 Å². The van der Waals surface area contributed by atoms with Gasteiger partial charge in [0.05, 0.1) is 10.6 Å². The average molecular weight is 565 g/mol. The molecule has 1 aromatic heterocycles. The third-order valence-corrected chi connectivity index (χ3v) is 7.12. The second-order valence-electron chi connectivity index (χ2n) is 8.80. The van der Waals surface area contributed by atoms with E-state index in [4.69, 9.17) is 0 Å². The Morgan fingerprint density at radius 1 is 0.846 bits per heavy atom. The van der Waals surface area contributed by atoms with E-state index in [0.717, 1.165) is 17.5 Å². The summed E-state index contributed by atoms with van der Waals surface area (Å²) in [6.07, 6.45) is 4.04. The summed E-state index contributed by atoms with van der Waals surface area (Å²) in [6.45, 7) is 2.36. The number of amides is 2. The molecule has 0 spiro atoms. The van der Waals surface area contributed by atoms with Gasteiger partial charge < -0.3 is 23.0 Å². The predicted molar refractivity (Wildman–Crippen MR) is 146 cm³/mol. The zero-order chi connectivity index (χ0) is 27.0. The van der Waals surface area contributed by atoms with Crippen molar-refractivity contribution in [3.8, 4) is 0 Å². The average Bonchev–Trinajstić information content (AvgIpc) is 2.89. The third-order valence-electron chi connectivity index (χ3n) is 5.72. The molecule has 0 bridgehead atoms. The first-order valence-corrected chi connectivity index (χ1v) is 13.6. The highest BCUT2D eigenvalue weighted by Gasteiger charge is 2.16. The minimum absolute atomic E-state index is 0. The molecule has 8 nitrogen and oxygen atoms in total. The zero-order valence-corrected chi connectivity index (χ0v) is 22.9. The molecule has 0 atom stereocenters. The summed E-state index contributed by atoms with van der Waals surface area (Å²) in [5, 5.41) is 5.67. The van der Waals surface area contributed by atoms with E-state index in [1.165, 1.54) is 12.1 Å². The Balaban J connectivity index is 0.00000420. The molecule has 0 aliphatic carbocycles. The maximum absolute atomic E-state index is 12.7. The van der Waals surface area contributed by atoms with Gasteiger partial charge in [-0.05, 0) is 55.3 Å². The number of carbonyl (C=O) groups is 2. The van der Waals surface area contributed by atoms with E-state index in [-0.39, 0.29) is 35.7 Å². The fourth-order valence-electron chi connectivity index (χ4n) is 3.78. The molecule has 4 rings (SSSR count). The van der Waals surface area contributed by atoms with Gasteiger partial charge in [0.1, 0.15) is 5.56 Å².